The molecule has 258 valence electrons. The van der Waals surface area contributed by atoms with Crippen molar-refractivity contribution < 1.29 is 33.4 Å². The van der Waals surface area contributed by atoms with Gasteiger partial charge in [0.2, 0.25) is 0 Å². The molecule has 4 N–H and O–H groups in total. The van der Waals surface area contributed by atoms with E-state index in [-0.39, 0.29) is 43.3 Å². The van der Waals surface area contributed by atoms with Gasteiger partial charge in [-0.25, -0.2) is 0 Å². The van der Waals surface area contributed by atoms with Crippen LogP contribution in [0.2, 0.25) is 0 Å². The number of nitrogens with one attached hydrogen (secondary N) is 2. The first-order valence-electron chi connectivity index (χ1n) is 15.7. The minimum Gasteiger partial charge on any atom is -0.465 e. The number of halogens is 1. The van der Waals surface area contributed by atoms with E-state index in [4.69, 9.17) is 15.2 Å². The summed E-state index contributed by atoms with van der Waals surface area (Å²) in [5.74, 6) is -2.53. The Labute approximate surface area is 293 Å². The predicted octanol–water partition coefficient (Wildman–Crippen LogP) is 3.31. The minimum absolute atomic E-state index is 0.00470. The SMILES string of the molecule is CCOC(=O)CNC(=O)C(CSC(=O)CCP(Br)(c1ccccc1)(c1ccccc1)c1ccccc1)NC(=O)CCC(N)C(=O)OCC. The van der Waals surface area contributed by atoms with Crippen LogP contribution in [0.25, 0.3) is 0 Å². The third-order valence-electron chi connectivity index (χ3n) is 7.67. The van der Waals surface area contributed by atoms with Crippen molar-refractivity contribution in [2.75, 3.05) is 31.7 Å². The van der Waals surface area contributed by atoms with Crippen LogP contribution in [0.3, 0.4) is 0 Å². The second-order valence-electron chi connectivity index (χ2n) is 10.9. The van der Waals surface area contributed by atoms with Crippen LogP contribution in [0.15, 0.2) is 91.0 Å². The number of benzene rings is 3. The van der Waals surface area contributed by atoms with Gasteiger partial charge in [0.15, 0.2) is 0 Å². The van der Waals surface area contributed by atoms with Crippen molar-refractivity contribution >= 4 is 77.3 Å². The molecule has 48 heavy (non-hydrogen) atoms. The van der Waals surface area contributed by atoms with Gasteiger partial charge in [0.05, 0.1) is 6.61 Å². The second kappa shape index (κ2) is 18.8. The monoisotopic (exact) mass is 759 g/mol. The van der Waals surface area contributed by atoms with Gasteiger partial charge in [0.25, 0.3) is 0 Å². The van der Waals surface area contributed by atoms with Crippen LogP contribution in [0, 0.1) is 0 Å². The molecular formula is C35H43BrN3O7PS. The van der Waals surface area contributed by atoms with Crippen molar-refractivity contribution in [2.24, 2.45) is 5.73 Å². The number of carbonyl (C=O) groups excluding carboxylic acids is 5. The molecule has 2 amide bonds. The first-order valence-corrected chi connectivity index (χ1v) is 21.2. The Morgan fingerprint density at radius 2 is 1.29 bits per heavy atom. The molecule has 2 unspecified atom stereocenters. The van der Waals surface area contributed by atoms with Crippen LogP contribution < -0.4 is 32.3 Å². The van der Waals surface area contributed by atoms with E-state index in [2.05, 4.69) is 62.5 Å². The van der Waals surface area contributed by atoms with Gasteiger partial charge in [-0.2, -0.15) is 0 Å². The number of nitrogens with two attached hydrogens (primary N) is 1. The zero-order valence-corrected chi connectivity index (χ0v) is 30.4. The van der Waals surface area contributed by atoms with Gasteiger partial charge < -0.3 is 4.74 Å². The second-order valence-corrected chi connectivity index (χ2v) is 21.0. The molecule has 0 spiro atoms. The van der Waals surface area contributed by atoms with Crippen molar-refractivity contribution in [3.8, 4) is 0 Å². The molecule has 0 aliphatic heterocycles. The Balaban J connectivity index is 1.81. The molecule has 0 heterocycles. The van der Waals surface area contributed by atoms with Crippen molar-refractivity contribution in [1.82, 2.24) is 10.6 Å². The molecule has 13 heteroatoms. The first-order chi connectivity index (χ1) is 23.0. The smallest absolute Gasteiger partial charge is 0.465 e. The molecule has 0 fully saturated rings. The summed E-state index contributed by atoms with van der Waals surface area (Å²) in [6, 6.07) is 28.2. The average Bonchev–Trinajstić information content (AvgIpc) is 3.11. The van der Waals surface area contributed by atoms with E-state index in [1.54, 1.807) is 13.8 Å². The summed E-state index contributed by atoms with van der Waals surface area (Å²) in [4.78, 5) is 63.3. The van der Waals surface area contributed by atoms with Crippen LogP contribution in [-0.4, -0.2) is 72.6 Å². The Hall–Kier alpha value is -3.57. The van der Waals surface area contributed by atoms with Crippen LogP contribution >= 0.6 is 32.6 Å². The summed E-state index contributed by atoms with van der Waals surface area (Å²) in [7, 11) is 0. The van der Waals surface area contributed by atoms with Gasteiger partial charge in [-0.1, -0.05) is 0 Å². The molecule has 3 aromatic carbocycles. The number of hydrogen-bond acceptors (Lipinski definition) is 9. The van der Waals surface area contributed by atoms with Crippen LogP contribution in [0.4, 0.5) is 0 Å². The van der Waals surface area contributed by atoms with Crippen molar-refractivity contribution in [2.45, 2.75) is 45.2 Å². The fraction of sp³-hybridized carbons (Fsp3) is 0.343. The van der Waals surface area contributed by atoms with E-state index in [0.717, 1.165) is 27.7 Å². The quantitative estimate of drug-likeness (QED) is 0.131. The molecule has 0 saturated heterocycles. The molecule has 2 atom stereocenters. The third-order valence-corrected chi connectivity index (χ3v) is 18.6. The molecular weight excluding hydrogens is 717 g/mol. The number of thioether (sulfide) groups is 1. The van der Waals surface area contributed by atoms with E-state index in [1.165, 1.54) is 0 Å². The van der Waals surface area contributed by atoms with Crippen molar-refractivity contribution in [3.05, 3.63) is 91.0 Å². The van der Waals surface area contributed by atoms with E-state index < -0.39 is 47.7 Å². The third kappa shape index (κ3) is 10.2. The number of amides is 2. The zero-order valence-electron chi connectivity index (χ0n) is 27.1. The normalized spacial score (nSPS) is 13.2. The summed E-state index contributed by atoms with van der Waals surface area (Å²) in [6.07, 6.45) is 0.480. The maximum absolute atomic E-state index is 13.6. The summed E-state index contributed by atoms with van der Waals surface area (Å²) < 4.78 is 9.77. The van der Waals surface area contributed by atoms with Gasteiger partial charge in [0, 0.05) is 0 Å². The van der Waals surface area contributed by atoms with E-state index in [1.807, 2.05) is 54.6 Å². The maximum atomic E-state index is 13.6. The summed E-state index contributed by atoms with van der Waals surface area (Å²) in [5.41, 5.74) is 5.82. The zero-order chi connectivity index (χ0) is 35.0. The Kier molecular flexibility index (Phi) is 15.3. The molecule has 0 radical (unpaired) electrons. The first kappa shape index (κ1) is 38.9. The summed E-state index contributed by atoms with van der Waals surface area (Å²) in [6.45, 7) is 3.21. The Morgan fingerprint density at radius 1 is 0.792 bits per heavy atom. The summed E-state index contributed by atoms with van der Waals surface area (Å²) in [5, 5.41) is 4.79. The van der Waals surface area contributed by atoms with Gasteiger partial charge in [-0.15, -0.1) is 0 Å². The van der Waals surface area contributed by atoms with Gasteiger partial charge in [-0.05, 0) is 13.8 Å². The number of carbonyl (C=O) groups is 5. The predicted molar refractivity (Wildman–Crippen MR) is 196 cm³/mol. The Bertz CT molecular complexity index is 1430. The van der Waals surface area contributed by atoms with E-state index in [9.17, 15) is 24.0 Å². The number of rotatable bonds is 18. The van der Waals surface area contributed by atoms with Crippen molar-refractivity contribution in [1.29, 1.82) is 0 Å². The Morgan fingerprint density at radius 3 is 1.77 bits per heavy atom. The summed E-state index contributed by atoms with van der Waals surface area (Å²) >= 11 is 5.27. The molecule has 10 nitrogen and oxygen atoms in total. The number of esters is 2. The minimum atomic E-state index is -3.35. The van der Waals surface area contributed by atoms with Crippen molar-refractivity contribution in [3.63, 3.8) is 0 Å². The average molecular weight is 761 g/mol. The van der Waals surface area contributed by atoms with Crippen LogP contribution in [-0.2, 0) is 33.4 Å². The molecule has 3 aromatic rings. The molecule has 0 saturated carbocycles. The molecule has 0 bridgehead atoms. The number of ether oxygens (including phenoxy) is 2. The fourth-order valence-corrected chi connectivity index (χ4v) is 13.5. The standard InChI is InChI=1S/C35H43BrN3O7PS/c1-3-45-32(41)24-38-34(43)30(39-31(40)21-20-29(37)35(44)46-4-2)25-48-33(42)22-23-47(36,26-14-8-5-9-15-26,27-16-10-6-11-17-27)28-18-12-7-13-19-28/h5-19,29-30H,3-4,20-25,37H2,1-2H3,(H,38,43)(H,39,40). The van der Waals surface area contributed by atoms with Gasteiger partial charge >= 0.3 is 265 Å². The molecule has 0 aliphatic carbocycles. The van der Waals surface area contributed by atoms with E-state index >= 15 is 0 Å². The van der Waals surface area contributed by atoms with Gasteiger partial charge in [-0.3, -0.25) is 4.79 Å². The molecule has 3 rings (SSSR count). The van der Waals surface area contributed by atoms with Crippen LogP contribution in [0.1, 0.15) is 33.1 Å². The molecule has 0 aliphatic rings. The van der Waals surface area contributed by atoms with Crippen LogP contribution in [0.5, 0.6) is 0 Å². The van der Waals surface area contributed by atoms with Gasteiger partial charge in [0.1, 0.15) is 0 Å². The van der Waals surface area contributed by atoms with E-state index in [0.29, 0.717) is 6.16 Å². The molecule has 0 aromatic heterocycles. The topological polar surface area (TPSA) is 154 Å². The number of hydrogen-bond donors (Lipinski definition) is 3. The fourth-order valence-electron chi connectivity index (χ4n) is 5.20.